The van der Waals surface area contributed by atoms with Crippen LogP contribution in [0.3, 0.4) is 0 Å². The van der Waals surface area contributed by atoms with Crippen LogP contribution in [0.4, 0.5) is 16.5 Å². The van der Waals surface area contributed by atoms with Crippen LogP contribution in [0.25, 0.3) is 0 Å². The number of anilines is 2. The zero-order valence-corrected chi connectivity index (χ0v) is 17.6. The van der Waals surface area contributed by atoms with Gasteiger partial charge in [-0.2, -0.15) is 0 Å². The van der Waals surface area contributed by atoms with Crippen molar-refractivity contribution >= 4 is 49.6 Å². The van der Waals surface area contributed by atoms with Crippen LogP contribution >= 0.6 is 11.3 Å². The number of ketones is 1. The monoisotopic (exact) mass is 461 g/mol. The first kappa shape index (κ1) is 22.0. The molecule has 31 heavy (non-hydrogen) atoms. The van der Waals surface area contributed by atoms with Gasteiger partial charge in [-0.05, 0) is 31.2 Å². The lowest BCUT2D eigenvalue weighted by atomic mass is 10.1. The number of hydrogen-bond acceptors (Lipinski definition) is 9. The lowest BCUT2D eigenvalue weighted by Crippen LogP contribution is -2.24. The van der Waals surface area contributed by atoms with E-state index in [0.717, 1.165) is 11.3 Å². The van der Waals surface area contributed by atoms with Gasteiger partial charge in [-0.1, -0.05) is 29.5 Å². The number of para-hydroxylation sites is 1. The molecule has 11 nitrogen and oxygen atoms in total. The molecule has 3 rings (SSSR count). The second-order valence-electron chi connectivity index (χ2n) is 6.20. The molecule has 2 N–H and O–H groups in total. The van der Waals surface area contributed by atoms with Gasteiger partial charge in [0.05, 0.1) is 9.82 Å². The first-order valence-corrected chi connectivity index (χ1v) is 10.9. The second-order valence-corrected chi connectivity index (χ2v) is 9.06. The molecule has 0 unspecified atom stereocenters. The molecule has 3 aromatic rings. The minimum absolute atomic E-state index is 0.0791. The highest BCUT2D eigenvalue weighted by atomic mass is 32.2. The van der Waals surface area contributed by atoms with Crippen molar-refractivity contribution in [2.75, 3.05) is 10.0 Å². The number of nitrogens with zero attached hydrogens (tertiary/aromatic N) is 3. The number of benzene rings is 2. The summed E-state index contributed by atoms with van der Waals surface area (Å²) in [6.07, 6.45) is -0.444. The van der Waals surface area contributed by atoms with E-state index in [0.29, 0.717) is 5.01 Å². The molecule has 0 radical (unpaired) electrons. The summed E-state index contributed by atoms with van der Waals surface area (Å²) >= 11 is 1.08. The molecule has 0 aliphatic carbocycles. The normalized spacial score (nSPS) is 11.0. The minimum atomic E-state index is -3.90. The van der Waals surface area contributed by atoms with E-state index in [1.54, 1.807) is 6.92 Å². The molecule has 0 saturated carbocycles. The fourth-order valence-electron chi connectivity index (χ4n) is 2.52. The Morgan fingerprint density at radius 3 is 2.39 bits per heavy atom. The number of nitrogens with one attached hydrogen (secondary N) is 2. The van der Waals surface area contributed by atoms with Gasteiger partial charge in [0, 0.05) is 23.7 Å². The molecule has 0 saturated heterocycles. The molecule has 1 amide bonds. The van der Waals surface area contributed by atoms with Crippen LogP contribution in [-0.2, 0) is 26.0 Å². The van der Waals surface area contributed by atoms with Gasteiger partial charge in [-0.25, -0.2) is 8.42 Å². The van der Waals surface area contributed by atoms with Gasteiger partial charge < -0.3 is 5.32 Å². The molecule has 160 valence electrons. The number of carbonyl (C=O) groups is 2. The number of aryl methyl sites for hydroxylation is 1. The minimum Gasteiger partial charge on any atom is -0.319 e. The highest BCUT2D eigenvalue weighted by molar-refractivity contribution is 7.93. The van der Waals surface area contributed by atoms with Gasteiger partial charge in [-0.3, -0.25) is 24.4 Å². The summed E-state index contributed by atoms with van der Waals surface area (Å²) in [6.45, 7) is 1.68. The number of hydrogen-bond donors (Lipinski definition) is 2. The summed E-state index contributed by atoms with van der Waals surface area (Å²) in [4.78, 5) is 34.6. The van der Waals surface area contributed by atoms with Gasteiger partial charge >= 0.3 is 0 Å². The zero-order valence-electron chi connectivity index (χ0n) is 15.9. The SMILES string of the molecule is Cc1nnc(NS(=O)(=O)c2ccc(NC(=O)C(=O)Cc3ccccc3[N+](=O)[O-])cc2)s1. The smallest absolute Gasteiger partial charge is 0.292 e. The average molecular weight is 461 g/mol. The van der Waals surface area contributed by atoms with Crippen molar-refractivity contribution in [3.63, 3.8) is 0 Å². The molecule has 0 fully saturated rings. The maximum Gasteiger partial charge on any atom is 0.292 e. The number of amides is 1. The van der Waals surface area contributed by atoms with E-state index in [4.69, 9.17) is 0 Å². The molecule has 0 atom stereocenters. The van der Waals surface area contributed by atoms with Crippen LogP contribution in [-0.4, -0.2) is 35.2 Å². The summed E-state index contributed by atoms with van der Waals surface area (Å²) in [5.41, 5.74) is 0.0510. The second kappa shape index (κ2) is 8.97. The Kier molecular flexibility index (Phi) is 6.36. The van der Waals surface area contributed by atoms with Crippen LogP contribution in [0.2, 0.25) is 0 Å². The van der Waals surface area contributed by atoms with E-state index in [2.05, 4.69) is 20.2 Å². The van der Waals surface area contributed by atoms with E-state index < -0.39 is 33.1 Å². The van der Waals surface area contributed by atoms with Crippen molar-refractivity contribution in [1.82, 2.24) is 10.2 Å². The van der Waals surface area contributed by atoms with Crippen LogP contribution < -0.4 is 10.0 Å². The first-order valence-electron chi connectivity index (χ1n) is 8.65. The third-order valence-corrected chi connectivity index (χ3v) is 6.20. The largest absolute Gasteiger partial charge is 0.319 e. The highest BCUT2D eigenvalue weighted by Crippen LogP contribution is 2.21. The predicted octanol–water partition coefficient (Wildman–Crippen LogP) is 2.31. The maximum absolute atomic E-state index is 12.4. The fourth-order valence-corrected chi connectivity index (χ4v) is 4.34. The molecule has 1 heterocycles. The number of sulfonamides is 1. The van der Waals surface area contributed by atoms with E-state index in [9.17, 15) is 28.1 Å². The van der Waals surface area contributed by atoms with E-state index in [1.807, 2.05) is 0 Å². The number of aromatic nitrogens is 2. The van der Waals surface area contributed by atoms with Crippen LogP contribution in [0.5, 0.6) is 0 Å². The Hall–Kier alpha value is -3.71. The summed E-state index contributed by atoms with van der Waals surface area (Å²) in [5, 5.41) is 21.5. The predicted molar refractivity (Wildman–Crippen MR) is 112 cm³/mol. The lowest BCUT2D eigenvalue weighted by molar-refractivity contribution is -0.385. The Morgan fingerprint density at radius 2 is 1.77 bits per heavy atom. The summed E-state index contributed by atoms with van der Waals surface area (Å²) in [7, 11) is -3.90. The molecule has 0 bridgehead atoms. The van der Waals surface area contributed by atoms with Gasteiger partial charge in [0.15, 0.2) is 0 Å². The number of Topliss-reactive ketones (excluding diaryl/α,β-unsaturated/α-hetero) is 1. The van der Waals surface area contributed by atoms with Gasteiger partial charge in [0.25, 0.3) is 21.6 Å². The molecule has 0 spiro atoms. The van der Waals surface area contributed by atoms with Gasteiger partial charge in [0.2, 0.25) is 10.9 Å². The number of nitro benzene ring substituents is 1. The first-order chi connectivity index (χ1) is 14.7. The Morgan fingerprint density at radius 1 is 1.10 bits per heavy atom. The number of nitro groups is 1. The molecule has 1 aromatic heterocycles. The van der Waals surface area contributed by atoms with Crippen molar-refractivity contribution in [3.8, 4) is 0 Å². The van der Waals surface area contributed by atoms with Gasteiger partial charge in [0.1, 0.15) is 5.01 Å². The Bertz CT molecular complexity index is 1250. The van der Waals surface area contributed by atoms with E-state index in [-0.39, 0.29) is 27.0 Å². The van der Waals surface area contributed by atoms with E-state index >= 15 is 0 Å². The van der Waals surface area contributed by atoms with Crippen molar-refractivity contribution in [2.24, 2.45) is 0 Å². The highest BCUT2D eigenvalue weighted by Gasteiger charge is 2.21. The molecular weight excluding hydrogens is 446 g/mol. The third-order valence-electron chi connectivity index (χ3n) is 3.96. The van der Waals surface area contributed by atoms with Gasteiger partial charge in [-0.15, -0.1) is 10.2 Å². The summed E-state index contributed by atoms with van der Waals surface area (Å²) in [5.74, 6) is -1.85. The van der Waals surface area contributed by atoms with Crippen molar-refractivity contribution in [1.29, 1.82) is 0 Å². The van der Waals surface area contributed by atoms with Crippen LogP contribution in [0.15, 0.2) is 53.4 Å². The van der Waals surface area contributed by atoms with Crippen LogP contribution in [0.1, 0.15) is 10.6 Å². The quantitative estimate of drug-likeness (QED) is 0.293. The summed E-state index contributed by atoms with van der Waals surface area (Å²) in [6, 6.07) is 10.8. The molecule has 2 aromatic carbocycles. The summed E-state index contributed by atoms with van der Waals surface area (Å²) < 4.78 is 27.0. The molecule has 13 heteroatoms. The van der Waals surface area contributed by atoms with Crippen molar-refractivity contribution in [3.05, 3.63) is 69.2 Å². The Labute approximate surface area is 180 Å². The standard InChI is InChI=1S/C18H15N5O6S2/c1-11-20-21-18(30-11)22-31(28,29)14-8-6-13(7-9-14)19-17(25)16(24)10-12-4-2-3-5-15(12)23(26)27/h2-9H,10H2,1H3,(H,19,25)(H,21,22). The number of rotatable bonds is 8. The molecule has 0 aliphatic heterocycles. The number of carbonyl (C=O) groups excluding carboxylic acids is 2. The lowest BCUT2D eigenvalue weighted by Gasteiger charge is -2.07. The average Bonchev–Trinajstić information content (AvgIpc) is 3.12. The fraction of sp³-hybridized carbons (Fsp3) is 0.111. The zero-order chi connectivity index (χ0) is 22.6. The molecule has 0 aliphatic rings. The van der Waals surface area contributed by atoms with Crippen molar-refractivity contribution < 1.29 is 22.9 Å². The topological polar surface area (TPSA) is 161 Å². The molecular formula is C18H15N5O6S2. The van der Waals surface area contributed by atoms with Crippen molar-refractivity contribution in [2.45, 2.75) is 18.2 Å². The Balaban J connectivity index is 1.66. The van der Waals surface area contributed by atoms with Crippen LogP contribution in [0, 0.1) is 17.0 Å². The third kappa shape index (κ3) is 5.46. The maximum atomic E-state index is 12.4. The van der Waals surface area contributed by atoms with E-state index in [1.165, 1.54) is 48.5 Å².